The number of carbonyl (C=O) groups is 2. The van der Waals surface area contributed by atoms with Gasteiger partial charge in [-0.3, -0.25) is 9.78 Å². The minimum absolute atomic E-state index is 0.0568. The van der Waals surface area contributed by atoms with Gasteiger partial charge < -0.3 is 19.9 Å². The minimum atomic E-state index is -0.218. The van der Waals surface area contributed by atoms with E-state index in [1.165, 1.54) is 0 Å². The summed E-state index contributed by atoms with van der Waals surface area (Å²) in [6.07, 6.45) is 4.21. The molecule has 28 heavy (non-hydrogen) atoms. The van der Waals surface area contributed by atoms with Crippen LogP contribution in [0, 0.1) is 0 Å². The second-order valence-electron chi connectivity index (χ2n) is 6.79. The molecule has 2 heterocycles. The van der Waals surface area contributed by atoms with Crippen LogP contribution in [-0.2, 0) is 11.3 Å². The van der Waals surface area contributed by atoms with Crippen LogP contribution in [-0.4, -0.2) is 53.5 Å². The Labute approximate surface area is 165 Å². The van der Waals surface area contributed by atoms with Gasteiger partial charge in [0.2, 0.25) is 5.91 Å². The lowest BCUT2D eigenvalue weighted by Gasteiger charge is -2.35. The second kappa shape index (κ2) is 9.21. The average molecular weight is 382 g/mol. The predicted octanol–water partition coefficient (Wildman–Crippen LogP) is 2.60. The maximum atomic E-state index is 12.6. The number of methoxy groups -OCH3 is 1. The lowest BCUT2D eigenvalue weighted by atomic mass is 10.1. The largest absolute Gasteiger partial charge is 0.497 e. The fraction of sp³-hybridized carbons (Fsp3) is 0.381. The van der Waals surface area contributed by atoms with Crippen LogP contribution >= 0.6 is 0 Å². The Hall–Kier alpha value is -3.09. The Bertz CT molecular complexity index is 812. The molecule has 0 bridgehead atoms. The van der Waals surface area contributed by atoms with E-state index < -0.39 is 0 Å². The zero-order valence-electron chi connectivity index (χ0n) is 16.3. The van der Waals surface area contributed by atoms with E-state index in [0.717, 1.165) is 23.3 Å². The number of hydrogen-bond acceptors (Lipinski definition) is 4. The number of nitrogens with one attached hydrogen (secondary N) is 1. The van der Waals surface area contributed by atoms with Crippen LogP contribution in [0.5, 0.6) is 5.75 Å². The fourth-order valence-corrected chi connectivity index (χ4v) is 3.28. The van der Waals surface area contributed by atoms with E-state index in [4.69, 9.17) is 4.74 Å². The smallest absolute Gasteiger partial charge is 0.318 e. The molecule has 7 heteroatoms. The summed E-state index contributed by atoms with van der Waals surface area (Å²) in [6.45, 7) is 3.62. The number of benzene rings is 1. The third kappa shape index (κ3) is 4.79. The average Bonchev–Trinajstić information content (AvgIpc) is 2.74. The van der Waals surface area contributed by atoms with Crippen molar-refractivity contribution in [3.63, 3.8) is 0 Å². The van der Waals surface area contributed by atoms with Crippen molar-refractivity contribution in [2.24, 2.45) is 0 Å². The summed E-state index contributed by atoms with van der Waals surface area (Å²) >= 11 is 0. The molecule has 0 radical (unpaired) electrons. The quantitative estimate of drug-likeness (QED) is 0.833. The van der Waals surface area contributed by atoms with Gasteiger partial charge in [0.15, 0.2) is 0 Å². The molecule has 3 rings (SSSR count). The molecule has 1 aromatic heterocycles. The highest BCUT2D eigenvalue weighted by atomic mass is 16.5. The molecular weight excluding hydrogens is 356 g/mol. The fourth-order valence-electron chi connectivity index (χ4n) is 3.28. The van der Waals surface area contributed by atoms with Crippen molar-refractivity contribution in [1.29, 1.82) is 0 Å². The molecular formula is C21H26N4O3. The topological polar surface area (TPSA) is 74.8 Å². The van der Waals surface area contributed by atoms with E-state index in [9.17, 15) is 9.59 Å². The lowest BCUT2D eigenvalue weighted by Crippen LogP contribution is -2.54. The maximum absolute atomic E-state index is 12.6. The number of hydrogen-bond donors (Lipinski definition) is 1. The first-order valence-corrected chi connectivity index (χ1v) is 9.46. The van der Waals surface area contributed by atoms with Crippen LogP contribution in [0.1, 0.15) is 30.5 Å². The monoisotopic (exact) mass is 382 g/mol. The highest BCUT2D eigenvalue weighted by molar-refractivity contribution is 5.85. The summed E-state index contributed by atoms with van der Waals surface area (Å²) in [5.41, 5.74) is 1.97. The van der Waals surface area contributed by atoms with Gasteiger partial charge in [-0.25, -0.2) is 4.79 Å². The standard InChI is InChI=1S/C21H26N4O3/c1-3-19(17-7-5-9-22-13-17)23-21(27)25-11-10-24(20(26)15-25)14-16-6-4-8-18(12-16)28-2/h4-9,12-13,19H,3,10-11,14-15H2,1-2H3,(H,23,27)/t19-/m1/s1. The SMILES string of the molecule is CC[C@@H](NC(=O)N1CCN(Cc2cccc(OC)c2)C(=O)C1)c1cccnc1. The third-order valence-corrected chi connectivity index (χ3v) is 4.91. The number of piperazine rings is 1. The Kier molecular flexibility index (Phi) is 6.47. The van der Waals surface area contributed by atoms with Crippen molar-refractivity contribution in [2.75, 3.05) is 26.7 Å². The van der Waals surface area contributed by atoms with Gasteiger partial charge in [-0.15, -0.1) is 0 Å². The van der Waals surface area contributed by atoms with Crippen molar-refractivity contribution in [3.8, 4) is 5.75 Å². The van der Waals surface area contributed by atoms with E-state index in [-0.39, 0.29) is 24.5 Å². The summed E-state index contributed by atoms with van der Waals surface area (Å²) in [4.78, 5) is 32.7. The molecule has 0 saturated carbocycles. The number of amides is 3. The van der Waals surface area contributed by atoms with Crippen LogP contribution in [0.15, 0.2) is 48.8 Å². The summed E-state index contributed by atoms with van der Waals surface area (Å²) < 4.78 is 5.23. The molecule has 2 aromatic rings. The van der Waals surface area contributed by atoms with Crippen LogP contribution in [0.2, 0.25) is 0 Å². The van der Waals surface area contributed by atoms with Crippen LogP contribution in [0.3, 0.4) is 0 Å². The van der Waals surface area contributed by atoms with E-state index in [1.54, 1.807) is 29.3 Å². The zero-order valence-corrected chi connectivity index (χ0v) is 16.3. The van der Waals surface area contributed by atoms with Crippen molar-refractivity contribution in [3.05, 3.63) is 59.9 Å². The van der Waals surface area contributed by atoms with Crippen molar-refractivity contribution >= 4 is 11.9 Å². The molecule has 0 spiro atoms. The number of ether oxygens (including phenoxy) is 1. The van der Waals surface area contributed by atoms with Gasteiger partial charge >= 0.3 is 6.03 Å². The number of nitrogens with zero attached hydrogens (tertiary/aromatic N) is 3. The van der Waals surface area contributed by atoms with Gasteiger partial charge in [0, 0.05) is 32.0 Å². The first-order chi connectivity index (χ1) is 13.6. The number of carbonyl (C=O) groups excluding carboxylic acids is 2. The Morgan fingerprint density at radius 1 is 1.29 bits per heavy atom. The van der Waals surface area contributed by atoms with Gasteiger partial charge in [-0.1, -0.05) is 25.1 Å². The Balaban J connectivity index is 1.56. The number of urea groups is 1. The van der Waals surface area contributed by atoms with Gasteiger partial charge in [-0.05, 0) is 35.7 Å². The molecule has 0 aliphatic carbocycles. The van der Waals surface area contributed by atoms with Gasteiger partial charge in [0.25, 0.3) is 0 Å². The molecule has 1 aromatic carbocycles. The Morgan fingerprint density at radius 3 is 2.82 bits per heavy atom. The molecule has 1 fully saturated rings. The normalized spacial score (nSPS) is 15.3. The lowest BCUT2D eigenvalue weighted by molar-refractivity contribution is -0.135. The molecule has 1 saturated heterocycles. The van der Waals surface area contributed by atoms with E-state index in [0.29, 0.717) is 19.6 Å². The number of pyridine rings is 1. The summed E-state index contributed by atoms with van der Waals surface area (Å²) in [6, 6.07) is 11.1. The molecule has 1 atom stereocenters. The molecule has 1 aliphatic heterocycles. The van der Waals surface area contributed by atoms with Crippen LogP contribution < -0.4 is 10.1 Å². The molecule has 7 nitrogen and oxygen atoms in total. The molecule has 3 amide bonds. The highest BCUT2D eigenvalue weighted by Gasteiger charge is 2.28. The van der Waals surface area contributed by atoms with Crippen molar-refractivity contribution in [1.82, 2.24) is 20.1 Å². The zero-order chi connectivity index (χ0) is 19.9. The third-order valence-electron chi connectivity index (χ3n) is 4.91. The number of aromatic nitrogens is 1. The predicted molar refractivity (Wildman–Crippen MR) is 106 cm³/mol. The van der Waals surface area contributed by atoms with Gasteiger partial charge in [0.1, 0.15) is 12.3 Å². The highest BCUT2D eigenvalue weighted by Crippen LogP contribution is 2.18. The van der Waals surface area contributed by atoms with Crippen LogP contribution in [0.25, 0.3) is 0 Å². The van der Waals surface area contributed by atoms with E-state index in [2.05, 4.69) is 10.3 Å². The molecule has 148 valence electrons. The Morgan fingerprint density at radius 2 is 2.14 bits per heavy atom. The second-order valence-corrected chi connectivity index (χ2v) is 6.79. The molecule has 1 aliphatic rings. The first-order valence-electron chi connectivity index (χ1n) is 9.46. The first kappa shape index (κ1) is 19.7. The summed E-state index contributed by atoms with van der Waals surface area (Å²) in [5.74, 6) is 0.711. The van der Waals surface area contributed by atoms with E-state index >= 15 is 0 Å². The van der Waals surface area contributed by atoms with Crippen molar-refractivity contribution in [2.45, 2.75) is 25.9 Å². The summed E-state index contributed by atoms with van der Waals surface area (Å²) in [7, 11) is 1.62. The molecule has 1 N–H and O–H groups in total. The van der Waals surface area contributed by atoms with Gasteiger partial charge in [0.05, 0.1) is 13.2 Å². The number of rotatable bonds is 6. The van der Waals surface area contributed by atoms with Gasteiger partial charge in [-0.2, -0.15) is 0 Å². The van der Waals surface area contributed by atoms with Crippen LogP contribution in [0.4, 0.5) is 4.79 Å². The maximum Gasteiger partial charge on any atom is 0.318 e. The summed E-state index contributed by atoms with van der Waals surface area (Å²) in [5, 5.41) is 3.01. The minimum Gasteiger partial charge on any atom is -0.497 e. The van der Waals surface area contributed by atoms with E-state index in [1.807, 2.05) is 43.3 Å². The van der Waals surface area contributed by atoms with Crippen molar-refractivity contribution < 1.29 is 14.3 Å². The molecule has 0 unspecified atom stereocenters.